The number of carboxylic acid groups (broad SMARTS) is 1. The predicted molar refractivity (Wildman–Crippen MR) is 89.6 cm³/mol. The zero-order valence-electron chi connectivity index (χ0n) is 14.3. The van der Waals surface area contributed by atoms with Crippen LogP contribution in [0.15, 0.2) is 24.3 Å². The van der Waals surface area contributed by atoms with Gasteiger partial charge in [0.15, 0.2) is 12.4 Å². The maximum Gasteiger partial charge on any atom is 0.341 e. The molecule has 1 unspecified atom stereocenters. The largest absolute Gasteiger partial charge is 0.482 e. The zero-order valence-corrected chi connectivity index (χ0v) is 14.3. The fourth-order valence-corrected chi connectivity index (χ4v) is 3.12. The molecule has 0 aromatic heterocycles. The van der Waals surface area contributed by atoms with Crippen molar-refractivity contribution in [3.63, 3.8) is 0 Å². The molecule has 1 saturated heterocycles. The number of nitrogens with zero attached hydrogens (tertiary/aromatic N) is 1. The Labute approximate surface area is 142 Å². The molecule has 24 heavy (non-hydrogen) atoms. The van der Waals surface area contributed by atoms with Gasteiger partial charge in [0.25, 0.3) is 0 Å². The SMILES string of the molecule is CCCC(C)(C(=O)c1ccc(OCC(=O)O)cc1)N1CCOCC1. The molecule has 1 aromatic rings. The minimum Gasteiger partial charge on any atom is -0.482 e. The Balaban J connectivity index is 2.15. The summed E-state index contributed by atoms with van der Waals surface area (Å²) in [6.07, 6.45) is 1.70. The predicted octanol–water partition coefficient (Wildman–Crippen LogP) is 2.22. The van der Waals surface area contributed by atoms with Crippen molar-refractivity contribution in [2.45, 2.75) is 32.2 Å². The molecular weight excluding hydrogens is 310 g/mol. The zero-order chi connectivity index (χ0) is 17.6. The number of morpholine rings is 1. The van der Waals surface area contributed by atoms with Crippen LogP contribution in [0.5, 0.6) is 5.75 Å². The van der Waals surface area contributed by atoms with Crippen molar-refractivity contribution < 1.29 is 24.2 Å². The quantitative estimate of drug-likeness (QED) is 0.734. The first-order valence-corrected chi connectivity index (χ1v) is 8.29. The van der Waals surface area contributed by atoms with Crippen molar-refractivity contribution in [1.82, 2.24) is 4.90 Å². The van der Waals surface area contributed by atoms with Gasteiger partial charge < -0.3 is 14.6 Å². The van der Waals surface area contributed by atoms with Gasteiger partial charge in [-0.25, -0.2) is 4.79 Å². The monoisotopic (exact) mass is 335 g/mol. The maximum absolute atomic E-state index is 13.1. The van der Waals surface area contributed by atoms with Gasteiger partial charge in [-0.3, -0.25) is 9.69 Å². The van der Waals surface area contributed by atoms with Gasteiger partial charge >= 0.3 is 5.97 Å². The number of ether oxygens (including phenoxy) is 2. The van der Waals surface area contributed by atoms with Gasteiger partial charge in [-0.2, -0.15) is 0 Å². The van der Waals surface area contributed by atoms with E-state index < -0.39 is 18.1 Å². The third-order valence-electron chi connectivity index (χ3n) is 4.41. The van der Waals surface area contributed by atoms with Gasteiger partial charge in [-0.15, -0.1) is 0 Å². The lowest BCUT2D eigenvalue weighted by atomic mass is 9.85. The first-order valence-electron chi connectivity index (χ1n) is 8.29. The van der Waals surface area contributed by atoms with Gasteiger partial charge in [-0.05, 0) is 37.6 Å². The molecule has 2 rings (SSSR count). The summed E-state index contributed by atoms with van der Waals surface area (Å²) in [5, 5.41) is 8.63. The van der Waals surface area contributed by atoms with Crippen LogP contribution in [0.3, 0.4) is 0 Å². The topological polar surface area (TPSA) is 76.1 Å². The highest BCUT2D eigenvalue weighted by atomic mass is 16.5. The molecule has 1 aromatic carbocycles. The molecule has 0 bridgehead atoms. The first-order chi connectivity index (χ1) is 11.5. The molecule has 1 fully saturated rings. The molecule has 132 valence electrons. The van der Waals surface area contributed by atoms with E-state index in [-0.39, 0.29) is 5.78 Å². The molecule has 1 heterocycles. The highest BCUT2D eigenvalue weighted by Gasteiger charge is 2.39. The number of hydrogen-bond acceptors (Lipinski definition) is 5. The van der Waals surface area contributed by atoms with E-state index in [1.54, 1.807) is 24.3 Å². The van der Waals surface area contributed by atoms with E-state index in [9.17, 15) is 9.59 Å². The lowest BCUT2D eigenvalue weighted by molar-refractivity contribution is -0.139. The van der Waals surface area contributed by atoms with Crippen LogP contribution in [-0.2, 0) is 9.53 Å². The molecule has 0 amide bonds. The van der Waals surface area contributed by atoms with Crippen molar-refractivity contribution in [3.05, 3.63) is 29.8 Å². The Bertz CT molecular complexity index is 565. The van der Waals surface area contributed by atoms with Crippen LogP contribution < -0.4 is 4.74 Å². The Hall–Kier alpha value is -1.92. The molecule has 1 atom stereocenters. The van der Waals surface area contributed by atoms with Crippen LogP contribution in [0.25, 0.3) is 0 Å². The number of rotatable bonds is 8. The summed E-state index contributed by atoms with van der Waals surface area (Å²) >= 11 is 0. The lowest BCUT2D eigenvalue weighted by Gasteiger charge is -2.42. The molecule has 6 heteroatoms. The van der Waals surface area contributed by atoms with Gasteiger partial charge in [0.1, 0.15) is 5.75 Å². The molecule has 0 aliphatic carbocycles. The highest BCUT2D eigenvalue weighted by Crippen LogP contribution is 2.28. The summed E-state index contributed by atoms with van der Waals surface area (Å²) in [6.45, 7) is 6.48. The van der Waals surface area contributed by atoms with E-state index in [2.05, 4.69) is 11.8 Å². The summed E-state index contributed by atoms with van der Waals surface area (Å²) < 4.78 is 10.5. The fraction of sp³-hybridized carbons (Fsp3) is 0.556. The number of ketones is 1. The van der Waals surface area contributed by atoms with Crippen molar-refractivity contribution in [1.29, 1.82) is 0 Å². The van der Waals surface area contributed by atoms with Crippen LogP contribution in [0.2, 0.25) is 0 Å². The molecule has 1 aliphatic rings. The van der Waals surface area contributed by atoms with Gasteiger partial charge in [0.05, 0.1) is 18.8 Å². The summed E-state index contributed by atoms with van der Waals surface area (Å²) in [7, 11) is 0. The average molecular weight is 335 g/mol. The number of carboxylic acids is 1. The van der Waals surface area contributed by atoms with E-state index in [0.29, 0.717) is 24.5 Å². The van der Waals surface area contributed by atoms with Gasteiger partial charge in [-0.1, -0.05) is 13.3 Å². The van der Waals surface area contributed by atoms with Crippen LogP contribution >= 0.6 is 0 Å². The number of benzene rings is 1. The maximum atomic E-state index is 13.1. The molecule has 6 nitrogen and oxygen atoms in total. The second kappa shape index (κ2) is 8.26. The molecule has 1 aliphatic heterocycles. The van der Waals surface area contributed by atoms with Crippen LogP contribution in [0.4, 0.5) is 0 Å². The number of carbonyl (C=O) groups is 2. The Morgan fingerprint density at radius 3 is 2.42 bits per heavy atom. The summed E-state index contributed by atoms with van der Waals surface area (Å²) in [4.78, 5) is 25.9. The molecule has 0 spiro atoms. The van der Waals surface area contributed by atoms with Gasteiger partial charge in [0.2, 0.25) is 0 Å². The molecular formula is C18H25NO5. The summed E-state index contributed by atoms with van der Waals surface area (Å²) in [6, 6.07) is 6.69. The number of hydrogen-bond donors (Lipinski definition) is 1. The van der Waals surface area contributed by atoms with Crippen LogP contribution in [0, 0.1) is 0 Å². The van der Waals surface area contributed by atoms with Crippen molar-refractivity contribution in [3.8, 4) is 5.75 Å². The van der Waals surface area contributed by atoms with E-state index in [0.717, 1.165) is 25.9 Å². The number of Topliss-reactive ketones (excluding diaryl/α,β-unsaturated/α-hetero) is 1. The molecule has 0 radical (unpaired) electrons. The van der Waals surface area contributed by atoms with Crippen molar-refractivity contribution in [2.75, 3.05) is 32.9 Å². The second-order valence-electron chi connectivity index (χ2n) is 6.16. The summed E-state index contributed by atoms with van der Waals surface area (Å²) in [5.41, 5.74) is 0.0576. The standard InChI is InChI=1S/C18H25NO5/c1-3-8-18(2,19-9-11-23-12-10-19)17(22)14-4-6-15(7-5-14)24-13-16(20)21/h4-7H,3,8-13H2,1-2H3,(H,20,21). The second-order valence-corrected chi connectivity index (χ2v) is 6.16. The fourth-order valence-electron chi connectivity index (χ4n) is 3.12. The van der Waals surface area contributed by atoms with Crippen molar-refractivity contribution in [2.24, 2.45) is 0 Å². The molecule has 1 N–H and O–H groups in total. The third-order valence-corrected chi connectivity index (χ3v) is 4.41. The third kappa shape index (κ3) is 4.33. The van der Waals surface area contributed by atoms with Crippen LogP contribution in [-0.4, -0.2) is 60.2 Å². The number of aliphatic carboxylic acids is 1. The number of carbonyl (C=O) groups excluding carboxylic acids is 1. The Kier molecular flexibility index (Phi) is 6.34. The normalized spacial score (nSPS) is 17.9. The minimum absolute atomic E-state index is 0.0797. The van der Waals surface area contributed by atoms with E-state index in [4.69, 9.17) is 14.6 Å². The first kappa shape index (κ1) is 18.4. The minimum atomic E-state index is -1.03. The summed E-state index contributed by atoms with van der Waals surface area (Å²) in [5.74, 6) is -0.508. The Morgan fingerprint density at radius 2 is 1.88 bits per heavy atom. The Morgan fingerprint density at radius 1 is 1.25 bits per heavy atom. The van der Waals surface area contributed by atoms with Gasteiger partial charge in [0, 0.05) is 18.7 Å². The van der Waals surface area contributed by atoms with Crippen molar-refractivity contribution >= 4 is 11.8 Å². The lowest BCUT2D eigenvalue weighted by Crippen LogP contribution is -2.56. The highest BCUT2D eigenvalue weighted by molar-refractivity contribution is 6.03. The smallest absolute Gasteiger partial charge is 0.341 e. The van der Waals surface area contributed by atoms with E-state index >= 15 is 0 Å². The average Bonchev–Trinajstić information content (AvgIpc) is 2.60. The van der Waals surface area contributed by atoms with E-state index in [1.165, 1.54) is 0 Å². The molecule has 0 saturated carbocycles. The van der Waals surface area contributed by atoms with Crippen LogP contribution in [0.1, 0.15) is 37.0 Å². The van der Waals surface area contributed by atoms with E-state index in [1.807, 2.05) is 6.92 Å².